The van der Waals surface area contributed by atoms with Crippen LogP contribution in [0.2, 0.25) is 0 Å². The van der Waals surface area contributed by atoms with Crippen LogP contribution in [0.1, 0.15) is 75.2 Å². The Hall–Kier alpha value is -0.120. The summed E-state index contributed by atoms with van der Waals surface area (Å²) in [5.74, 6) is 0. The lowest BCUT2D eigenvalue weighted by Gasteiger charge is -2.42. The van der Waals surface area contributed by atoms with E-state index < -0.39 is 0 Å². The van der Waals surface area contributed by atoms with Gasteiger partial charge in [0.25, 0.3) is 0 Å². The first-order chi connectivity index (χ1) is 8.66. The molecule has 0 aliphatic rings. The van der Waals surface area contributed by atoms with Gasteiger partial charge in [0.1, 0.15) is 0 Å². The minimum atomic E-state index is -0.195. The molecule has 0 aromatic heterocycles. The van der Waals surface area contributed by atoms with Crippen molar-refractivity contribution in [2.24, 2.45) is 11.1 Å². The molecule has 0 heterocycles. The summed E-state index contributed by atoms with van der Waals surface area (Å²) in [4.78, 5) is 0. The van der Waals surface area contributed by atoms with Crippen molar-refractivity contribution in [1.82, 2.24) is 0 Å². The van der Waals surface area contributed by atoms with E-state index in [1.165, 1.54) is 0 Å². The first-order valence-electron chi connectivity index (χ1n) is 7.73. The Bertz CT molecular complexity index is 252. The summed E-state index contributed by atoms with van der Waals surface area (Å²) in [6, 6.07) is 0. The van der Waals surface area contributed by atoms with E-state index in [9.17, 15) is 0 Å². The molecule has 3 nitrogen and oxygen atoms in total. The van der Waals surface area contributed by atoms with E-state index >= 15 is 0 Å². The average Bonchev–Trinajstić information content (AvgIpc) is 2.11. The van der Waals surface area contributed by atoms with Gasteiger partial charge >= 0.3 is 0 Å². The van der Waals surface area contributed by atoms with E-state index in [0.717, 1.165) is 19.4 Å². The zero-order chi connectivity index (χ0) is 16.2. The Balaban J connectivity index is 4.34. The predicted molar refractivity (Wildman–Crippen MR) is 87.0 cm³/mol. The molecule has 20 heavy (non-hydrogen) atoms. The number of nitrogens with two attached hydrogens (primary N) is 1. The topological polar surface area (TPSA) is 44.5 Å². The summed E-state index contributed by atoms with van der Waals surface area (Å²) in [6.07, 6.45) is 1.84. The normalized spacial score (nSPS) is 14.7. The molecule has 0 radical (unpaired) electrons. The molecule has 0 unspecified atom stereocenters. The van der Waals surface area contributed by atoms with Gasteiger partial charge in [-0.25, -0.2) is 0 Å². The van der Waals surface area contributed by atoms with Crippen molar-refractivity contribution in [2.75, 3.05) is 13.2 Å². The van der Waals surface area contributed by atoms with Gasteiger partial charge in [-0.05, 0) is 66.7 Å². The zero-order valence-corrected chi connectivity index (χ0v) is 15.2. The fourth-order valence-electron chi connectivity index (χ4n) is 1.68. The van der Waals surface area contributed by atoms with Crippen molar-refractivity contribution in [1.29, 1.82) is 0 Å². The molecule has 0 spiro atoms. The minimum absolute atomic E-state index is 0.0526. The van der Waals surface area contributed by atoms with Gasteiger partial charge in [-0.3, -0.25) is 0 Å². The smallest absolute Gasteiger partial charge is 0.0678 e. The third-order valence-corrected chi connectivity index (χ3v) is 4.10. The first kappa shape index (κ1) is 19.9. The van der Waals surface area contributed by atoms with E-state index in [2.05, 4.69) is 48.5 Å². The maximum atomic E-state index is 6.12. The average molecular weight is 287 g/mol. The van der Waals surface area contributed by atoms with Gasteiger partial charge in [-0.15, -0.1) is 0 Å². The van der Waals surface area contributed by atoms with Gasteiger partial charge < -0.3 is 15.2 Å². The van der Waals surface area contributed by atoms with E-state index in [-0.39, 0.29) is 22.2 Å². The molecular formula is C17H37NO2. The van der Waals surface area contributed by atoms with Gasteiger partial charge in [-0.2, -0.15) is 0 Å². The van der Waals surface area contributed by atoms with Crippen molar-refractivity contribution >= 4 is 0 Å². The molecule has 0 atom stereocenters. The highest BCUT2D eigenvalue weighted by molar-refractivity contribution is 4.88. The molecular weight excluding hydrogens is 250 g/mol. The SMILES string of the molecule is CC(C)(N)CCOC(C)(C)C(C)(C)CCOC(C)(C)C. The van der Waals surface area contributed by atoms with E-state index in [4.69, 9.17) is 15.2 Å². The number of hydrogen-bond acceptors (Lipinski definition) is 3. The second kappa shape index (κ2) is 6.76. The molecule has 0 aliphatic carbocycles. The number of hydrogen-bond donors (Lipinski definition) is 1. The van der Waals surface area contributed by atoms with Crippen LogP contribution < -0.4 is 5.73 Å². The molecule has 2 N–H and O–H groups in total. The highest BCUT2D eigenvalue weighted by atomic mass is 16.5. The minimum Gasteiger partial charge on any atom is -0.376 e. The van der Waals surface area contributed by atoms with Gasteiger partial charge in [0, 0.05) is 18.8 Å². The number of ether oxygens (including phenoxy) is 2. The van der Waals surface area contributed by atoms with Gasteiger partial charge in [0.05, 0.1) is 11.2 Å². The van der Waals surface area contributed by atoms with Crippen LogP contribution in [-0.2, 0) is 9.47 Å². The second-order valence-electron chi connectivity index (χ2n) is 8.69. The lowest BCUT2D eigenvalue weighted by atomic mass is 9.74. The molecule has 0 saturated heterocycles. The molecule has 0 rings (SSSR count). The quantitative estimate of drug-likeness (QED) is 0.729. The van der Waals surface area contributed by atoms with Crippen LogP contribution in [-0.4, -0.2) is 30.0 Å². The van der Waals surface area contributed by atoms with Crippen LogP contribution in [0.25, 0.3) is 0 Å². The van der Waals surface area contributed by atoms with E-state index in [0.29, 0.717) is 6.61 Å². The zero-order valence-electron chi connectivity index (χ0n) is 15.2. The Morgan fingerprint density at radius 1 is 0.700 bits per heavy atom. The lowest BCUT2D eigenvalue weighted by molar-refractivity contribution is -0.117. The monoisotopic (exact) mass is 287 g/mol. The van der Waals surface area contributed by atoms with E-state index in [1.807, 2.05) is 13.8 Å². The summed E-state index contributed by atoms with van der Waals surface area (Å²) in [5.41, 5.74) is 5.61. The molecule has 0 fully saturated rings. The van der Waals surface area contributed by atoms with Crippen LogP contribution in [0, 0.1) is 5.41 Å². The fraction of sp³-hybridized carbons (Fsp3) is 1.00. The van der Waals surface area contributed by atoms with Crippen LogP contribution in [0.4, 0.5) is 0 Å². The van der Waals surface area contributed by atoms with Crippen LogP contribution >= 0.6 is 0 Å². The van der Waals surface area contributed by atoms with E-state index in [1.54, 1.807) is 0 Å². The molecule has 0 bridgehead atoms. The Morgan fingerprint density at radius 2 is 1.15 bits per heavy atom. The Labute approximate surface area is 126 Å². The van der Waals surface area contributed by atoms with Gasteiger partial charge in [0.15, 0.2) is 0 Å². The van der Waals surface area contributed by atoms with Crippen LogP contribution in [0.3, 0.4) is 0 Å². The van der Waals surface area contributed by atoms with Crippen molar-refractivity contribution in [3.63, 3.8) is 0 Å². The third-order valence-electron chi connectivity index (χ3n) is 4.10. The molecule has 122 valence electrons. The molecule has 0 aliphatic heterocycles. The first-order valence-corrected chi connectivity index (χ1v) is 7.73. The molecule has 3 heteroatoms. The summed E-state index contributed by atoms with van der Waals surface area (Å²) in [6.45, 7) is 20.6. The standard InChI is InChI=1S/C17H37NO2/c1-14(2,3)19-12-10-15(4,5)17(8,9)20-13-11-16(6,7)18/h10-13,18H2,1-9H3. The molecule has 0 amide bonds. The lowest BCUT2D eigenvalue weighted by Crippen LogP contribution is -2.44. The third kappa shape index (κ3) is 8.23. The highest BCUT2D eigenvalue weighted by Gasteiger charge is 2.38. The fourth-order valence-corrected chi connectivity index (χ4v) is 1.68. The van der Waals surface area contributed by atoms with Crippen molar-refractivity contribution < 1.29 is 9.47 Å². The molecule has 0 aromatic carbocycles. The number of rotatable bonds is 8. The second-order valence-corrected chi connectivity index (χ2v) is 8.69. The predicted octanol–water partition coefficient (Wildman–Crippen LogP) is 4.14. The summed E-state index contributed by atoms with van der Waals surface area (Å²) in [5, 5.41) is 0. The van der Waals surface area contributed by atoms with Crippen LogP contribution in [0.5, 0.6) is 0 Å². The molecule has 0 aromatic rings. The largest absolute Gasteiger partial charge is 0.376 e. The Kier molecular flexibility index (Phi) is 6.72. The molecule has 0 saturated carbocycles. The van der Waals surface area contributed by atoms with Gasteiger partial charge in [0.2, 0.25) is 0 Å². The van der Waals surface area contributed by atoms with Crippen molar-refractivity contribution in [3.05, 3.63) is 0 Å². The Morgan fingerprint density at radius 3 is 1.55 bits per heavy atom. The van der Waals surface area contributed by atoms with Crippen molar-refractivity contribution in [3.8, 4) is 0 Å². The van der Waals surface area contributed by atoms with Crippen LogP contribution in [0.15, 0.2) is 0 Å². The maximum absolute atomic E-state index is 6.12. The maximum Gasteiger partial charge on any atom is 0.0678 e. The summed E-state index contributed by atoms with van der Waals surface area (Å²) < 4.78 is 12.0. The highest BCUT2D eigenvalue weighted by Crippen LogP contribution is 2.37. The van der Waals surface area contributed by atoms with Crippen molar-refractivity contribution in [2.45, 2.75) is 91.9 Å². The summed E-state index contributed by atoms with van der Waals surface area (Å²) in [7, 11) is 0. The van der Waals surface area contributed by atoms with Gasteiger partial charge in [-0.1, -0.05) is 13.8 Å². The summed E-state index contributed by atoms with van der Waals surface area (Å²) >= 11 is 0.